The quantitative estimate of drug-likeness (QED) is 0.463. The number of aryl methyl sites for hydroxylation is 1. The van der Waals surface area contributed by atoms with Crippen molar-refractivity contribution in [3.8, 4) is 10.4 Å². The van der Waals surface area contributed by atoms with Crippen LogP contribution in [0.4, 0.5) is 16.3 Å². The Kier molecular flexibility index (Phi) is 7.35. The zero-order valence-corrected chi connectivity index (χ0v) is 20.5. The lowest BCUT2D eigenvalue weighted by Gasteiger charge is -2.28. The lowest BCUT2D eigenvalue weighted by Crippen LogP contribution is -2.38. The van der Waals surface area contributed by atoms with Crippen LogP contribution in [0.1, 0.15) is 50.5 Å². The molecule has 1 fully saturated rings. The molecule has 0 saturated heterocycles. The molecule has 0 atom stereocenters. The number of aromatic nitrogens is 4. The van der Waals surface area contributed by atoms with Crippen LogP contribution in [0, 0.1) is 0 Å². The average molecular weight is 487 g/mol. The highest BCUT2D eigenvalue weighted by molar-refractivity contribution is 7.34. The molecule has 0 aliphatic heterocycles. The number of nitrogens with one attached hydrogen (secondary N) is 2. The van der Waals surface area contributed by atoms with Crippen LogP contribution in [0.5, 0.6) is 0 Å². The SMILES string of the molecule is CC(C)OC(=O)NC1CCC(c2ncc(-c3ccc(Nc4cn(C)nn4)cc3P=O)s2)CC1. The number of alkyl carbamates (subject to hydrolysis) is 1. The van der Waals surface area contributed by atoms with Crippen LogP contribution >= 0.6 is 19.8 Å². The van der Waals surface area contributed by atoms with Crippen molar-refractivity contribution in [3.63, 3.8) is 0 Å². The topological polar surface area (TPSA) is 111 Å². The summed E-state index contributed by atoms with van der Waals surface area (Å²) in [6.07, 6.45) is 6.91. The summed E-state index contributed by atoms with van der Waals surface area (Å²) in [5.74, 6) is 0.996. The van der Waals surface area contributed by atoms with Crippen LogP contribution in [0.25, 0.3) is 10.4 Å². The van der Waals surface area contributed by atoms with Gasteiger partial charge in [0, 0.05) is 36.5 Å². The normalized spacial score (nSPS) is 18.4. The molecule has 0 unspecified atom stereocenters. The molecule has 2 heterocycles. The van der Waals surface area contributed by atoms with Crippen molar-refractivity contribution < 1.29 is 14.1 Å². The highest BCUT2D eigenvalue weighted by Crippen LogP contribution is 2.38. The molecule has 1 amide bonds. The maximum Gasteiger partial charge on any atom is 0.407 e. The van der Waals surface area contributed by atoms with Gasteiger partial charge >= 0.3 is 6.09 Å². The third-order valence-corrected chi connectivity index (χ3v) is 7.26. The third kappa shape index (κ3) is 5.94. The van der Waals surface area contributed by atoms with E-state index in [9.17, 15) is 9.36 Å². The van der Waals surface area contributed by atoms with Gasteiger partial charge in [0.1, 0.15) is 0 Å². The molecule has 1 aliphatic rings. The fourth-order valence-corrected chi connectivity index (χ4v) is 5.63. The zero-order chi connectivity index (χ0) is 23.4. The summed E-state index contributed by atoms with van der Waals surface area (Å²) in [5.41, 5.74) is 1.70. The number of carbonyl (C=O) groups excluding carboxylic acids is 1. The smallest absolute Gasteiger partial charge is 0.407 e. The predicted octanol–water partition coefficient (Wildman–Crippen LogP) is 4.76. The van der Waals surface area contributed by atoms with Gasteiger partial charge in [0.2, 0.25) is 0 Å². The minimum atomic E-state index is -0.341. The van der Waals surface area contributed by atoms with E-state index < -0.39 is 0 Å². The molecule has 9 nitrogen and oxygen atoms in total. The Balaban J connectivity index is 1.40. The van der Waals surface area contributed by atoms with E-state index in [1.54, 1.807) is 29.3 Å². The minimum Gasteiger partial charge on any atom is -0.447 e. The summed E-state index contributed by atoms with van der Waals surface area (Å²) in [6, 6.07) is 5.89. The highest BCUT2D eigenvalue weighted by Gasteiger charge is 2.26. The maximum atomic E-state index is 11.9. The van der Waals surface area contributed by atoms with Crippen molar-refractivity contribution in [3.05, 3.63) is 35.6 Å². The summed E-state index contributed by atoms with van der Waals surface area (Å²) < 4.78 is 18.7. The fourth-order valence-electron chi connectivity index (χ4n) is 3.95. The molecule has 1 aliphatic carbocycles. The molecule has 33 heavy (non-hydrogen) atoms. The van der Waals surface area contributed by atoms with Crippen molar-refractivity contribution in [2.24, 2.45) is 7.05 Å². The first-order valence-electron chi connectivity index (χ1n) is 10.9. The van der Waals surface area contributed by atoms with E-state index in [2.05, 4.69) is 25.9 Å². The maximum absolute atomic E-state index is 11.9. The van der Waals surface area contributed by atoms with Gasteiger partial charge in [0.15, 0.2) is 14.3 Å². The molecular formula is C22H27N6O3PS. The highest BCUT2D eigenvalue weighted by atomic mass is 32.1. The molecule has 1 aromatic carbocycles. The first-order valence-corrected chi connectivity index (χ1v) is 12.6. The lowest BCUT2D eigenvalue weighted by molar-refractivity contribution is 0.109. The van der Waals surface area contributed by atoms with E-state index in [0.29, 0.717) is 17.0 Å². The number of hydrogen-bond acceptors (Lipinski definition) is 8. The largest absolute Gasteiger partial charge is 0.447 e. The number of amides is 1. The van der Waals surface area contributed by atoms with E-state index in [1.807, 2.05) is 38.2 Å². The Bertz CT molecular complexity index is 1120. The van der Waals surface area contributed by atoms with Gasteiger partial charge in [0.25, 0.3) is 0 Å². The second-order valence-corrected chi connectivity index (χ2v) is 10.2. The molecule has 2 N–H and O–H groups in total. The second-order valence-electron chi connectivity index (χ2n) is 8.44. The number of nitrogens with zero attached hydrogens (tertiary/aromatic N) is 4. The summed E-state index contributed by atoms with van der Waals surface area (Å²) in [7, 11) is 1.74. The van der Waals surface area contributed by atoms with E-state index >= 15 is 0 Å². The lowest BCUT2D eigenvalue weighted by atomic mass is 9.86. The van der Waals surface area contributed by atoms with Crippen LogP contribution in [0.15, 0.2) is 30.6 Å². The van der Waals surface area contributed by atoms with Crippen molar-refractivity contribution in [1.29, 1.82) is 0 Å². The number of rotatable bonds is 7. The molecule has 0 bridgehead atoms. The zero-order valence-electron chi connectivity index (χ0n) is 18.8. The first-order chi connectivity index (χ1) is 15.9. The second kappa shape index (κ2) is 10.4. The molecule has 1 saturated carbocycles. The van der Waals surface area contributed by atoms with E-state index in [4.69, 9.17) is 4.74 Å². The van der Waals surface area contributed by atoms with Gasteiger partial charge in [-0.15, -0.1) is 16.4 Å². The van der Waals surface area contributed by atoms with Crippen molar-refractivity contribution in [2.75, 3.05) is 5.32 Å². The Morgan fingerprint density at radius 1 is 1.27 bits per heavy atom. The number of anilines is 2. The number of thiazole rings is 1. The van der Waals surface area contributed by atoms with Crippen LogP contribution in [-0.4, -0.2) is 38.2 Å². The number of carbonyl (C=O) groups is 1. The van der Waals surface area contributed by atoms with Gasteiger partial charge in [-0.25, -0.2) is 9.78 Å². The van der Waals surface area contributed by atoms with E-state index in [0.717, 1.165) is 46.8 Å². The molecule has 4 rings (SSSR count). The van der Waals surface area contributed by atoms with E-state index in [-0.39, 0.29) is 26.7 Å². The first kappa shape index (κ1) is 23.3. The monoisotopic (exact) mass is 486 g/mol. The van der Waals surface area contributed by atoms with E-state index in [1.165, 1.54) is 0 Å². The minimum absolute atomic E-state index is 0.0549. The Hall–Kier alpha value is -2.84. The average Bonchev–Trinajstić information content (AvgIpc) is 3.43. The predicted molar refractivity (Wildman–Crippen MR) is 129 cm³/mol. The number of ether oxygens (including phenoxy) is 1. The van der Waals surface area contributed by atoms with Crippen LogP contribution in [0.3, 0.4) is 0 Å². The fraction of sp³-hybridized carbons (Fsp3) is 0.455. The van der Waals surface area contributed by atoms with Crippen LogP contribution in [-0.2, 0) is 16.3 Å². The van der Waals surface area contributed by atoms with Gasteiger partial charge in [-0.05, 0) is 51.7 Å². The van der Waals surface area contributed by atoms with Crippen molar-refractivity contribution in [1.82, 2.24) is 25.3 Å². The van der Waals surface area contributed by atoms with Crippen LogP contribution in [0.2, 0.25) is 0 Å². The van der Waals surface area contributed by atoms with Gasteiger partial charge in [-0.3, -0.25) is 9.25 Å². The van der Waals surface area contributed by atoms with Gasteiger partial charge < -0.3 is 15.4 Å². The van der Waals surface area contributed by atoms with Crippen molar-refractivity contribution in [2.45, 2.75) is 57.6 Å². The van der Waals surface area contributed by atoms with Crippen molar-refractivity contribution >= 4 is 42.7 Å². The number of benzene rings is 1. The Morgan fingerprint density at radius 3 is 2.73 bits per heavy atom. The molecule has 174 valence electrons. The Morgan fingerprint density at radius 2 is 2.06 bits per heavy atom. The van der Waals surface area contributed by atoms with Gasteiger partial charge in [-0.2, -0.15) is 0 Å². The molecule has 0 spiro atoms. The summed E-state index contributed by atoms with van der Waals surface area (Å²) >= 11 is 1.65. The summed E-state index contributed by atoms with van der Waals surface area (Å²) in [5, 5.41) is 15.8. The standard InChI is InChI=1S/C22H27N6O3PS/c1-13(2)31-22(29)25-15-6-4-14(5-7-15)21-23-11-19(33-21)17-9-8-16(10-18(17)32-30)24-20-12-28(3)27-26-20/h8-15,24H,4-7H2,1-3H3,(H,25,29). The number of hydrogen-bond donors (Lipinski definition) is 2. The molecule has 11 heteroatoms. The van der Waals surface area contributed by atoms with Gasteiger partial charge in [-0.1, -0.05) is 11.3 Å². The Labute approximate surface area is 198 Å². The van der Waals surface area contributed by atoms with Gasteiger partial charge in [0.05, 0.1) is 27.5 Å². The van der Waals surface area contributed by atoms with Crippen LogP contribution < -0.4 is 15.9 Å². The molecule has 3 aromatic rings. The molecule has 2 aromatic heterocycles. The third-order valence-electron chi connectivity index (χ3n) is 5.50. The molecule has 0 radical (unpaired) electrons. The molecular weight excluding hydrogens is 459 g/mol. The summed E-state index contributed by atoms with van der Waals surface area (Å²) in [6.45, 7) is 3.69. The summed E-state index contributed by atoms with van der Waals surface area (Å²) in [4.78, 5) is 17.5.